The van der Waals surface area contributed by atoms with Crippen LogP contribution in [0.1, 0.15) is 19.4 Å². The van der Waals surface area contributed by atoms with Crippen LogP contribution in [0.15, 0.2) is 71.6 Å². The summed E-state index contributed by atoms with van der Waals surface area (Å²) in [5.74, 6) is 0.106. The third-order valence-electron chi connectivity index (χ3n) is 4.60. The number of carbonyl (C=O) groups is 1. The Bertz CT molecular complexity index is 1230. The van der Waals surface area contributed by atoms with E-state index in [1.54, 1.807) is 63.2 Å². The first-order valence-corrected chi connectivity index (χ1v) is 11.9. The third kappa shape index (κ3) is 5.94. The molecule has 0 saturated carbocycles. The van der Waals surface area contributed by atoms with Crippen LogP contribution in [0.3, 0.4) is 0 Å². The highest BCUT2D eigenvalue weighted by atomic mass is 35.5. The number of anilines is 2. The van der Waals surface area contributed by atoms with E-state index in [9.17, 15) is 13.2 Å². The summed E-state index contributed by atoms with van der Waals surface area (Å²) < 4.78 is 33.7. The topological polar surface area (TPSA) is 84.5 Å². The zero-order valence-electron chi connectivity index (χ0n) is 17.6. The molecular formula is C23H22Cl2N2O4S. The van der Waals surface area contributed by atoms with E-state index in [1.807, 2.05) is 0 Å². The van der Waals surface area contributed by atoms with Gasteiger partial charge in [0, 0.05) is 15.7 Å². The minimum Gasteiger partial charge on any atom is -0.478 e. The molecule has 0 atom stereocenters. The standard InChI is InChI=1S/C23H22Cl2N2O4S/c1-15-4-5-17(25)14-21(15)27-32(29,30)20-12-8-18(9-13-20)26-22(28)23(2,3)31-19-10-6-16(24)7-11-19/h4-14,27H,1-3H3,(H,26,28). The fourth-order valence-corrected chi connectivity index (χ4v) is 4.17. The molecule has 3 aromatic carbocycles. The minimum absolute atomic E-state index is 0.0477. The van der Waals surface area contributed by atoms with E-state index in [-0.39, 0.29) is 4.90 Å². The lowest BCUT2D eigenvalue weighted by atomic mass is 10.1. The van der Waals surface area contributed by atoms with Gasteiger partial charge in [0.1, 0.15) is 5.75 Å². The number of hydrogen-bond acceptors (Lipinski definition) is 4. The SMILES string of the molecule is Cc1ccc(Cl)cc1NS(=O)(=O)c1ccc(NC(=O)C(C)(C)Oc2ccc(Cl)cc2)cc1. The van der Waals surface area contributed by atoms with Crippen molar-refractivity contribution in [3.05, 3.63) is 82.3 Å². The summed E-state index contributed by atoms with van der Waals surface area (Å²) in [7, 11) is -3.83. The average Bonchev–Trinajstić information content (AvgIpc) is 2.72. The molecule has 32 heavy (non-hydrogen) atoms. The summed E-state index contributed by atoms with van der Waals surface area (Å²) in [5, 5.41) is 3.73. The largest absolute Gasteiger partial charge is 0.478 e. The molecule has 6 nitrogen and oxygen atoms in total. The molecule has 0 bridgehead atoms. The summed E-state index contributed by atoms with van der Waals surface area (Å²) in [6, 6.07) is 17.5. The number of benzene rings is 3. The molecule has 0 heterocycles. The highest BCUT2D eigenvalue weighted by Crippen LogP contribution is 2.25. The lowest BCUT2D eigenvalue weighted by Gasteiger charge is -2.25. The summed E-state index contributed by atoms with van der Waals surface area (Å²) in [6.45, 7) is 5.04. The fraction of sp³-hybridized carbons (Fsp3) is 0.174. The molecule has 9 heteroatoms. The molecule has 0 radical (unpaired) electrons. The predicted octanol–water partition coefficient (Wildman–Crippen LogP) is 5.90. The van der Waals surface area contributed by atoms with Crippen LogP contribution in [0.5, 0.6) is 5.75 Å². The van der Waals surface area contributed by atoms with Gasteiger partial charge in [0.25, 0.3) is 15.9 Å². The Balaban J connectivity index is 1.70. The van der Waals surface area contributed by atoms with E-state index in [2.05, 4.69) is 10.0 Å². The zero-order chi connectivity index (χ0) is 23.5. The van der Waals surface area contributed by atoms with Crippen LogP contribution in [-0.2, 0) is 14.8 Å². The lowest BCUT2D eigenvalue weighted by molar-refractivity contribution is -0.128. The van der Waals surface area contributed by atoms with E-state index in [1.165, 1.54) is 24.3 Å². The van der Waals surface area contributed by atoms with Gasteiger partial charge in [-0.2, -0.15) is 0 Å². The summed E-state index contributed by atoms with van der Waals surface area (Å²) in [5.41, 5.74) is 0.394. The maximum absolute atomic E-state index is 12.7. The number of halogens is 2. The lowest BCUT2D eigenvalue weighted by Crippen LogP contribution is -2.42. The molecule has 0 unspecified atom stereocenters. The maximum atomic E-state index is 12.7. The van der Waals surface area contributed by atoms with E-state index in [4.69, 9.17) is 27.9 Å². The van der Waals surface area contributed by atoms with Gasteiger partial charge in [0.15, 0.2) is 5.60 Å². The van der Waals surface area contributed by atoms with Crippen LogP contribution < -0.4 is 14.8 Å². The van der Waals surface area contributed by atoms with Gasteiger partial charge in [-0.1, -0.05) is 29.3 Å². The maximum Gasteiger partial charge on any atom is 0.267 e. The van der Waals surface area contributed by atoms with E-state index in [0.29, 0.717) is 27.2 Å². The van der Waals surface area contributed by atoms with Crippen molar-refractivity contribution in [1.82, 2.24) is 0 Å². The first-order valence-electron chi connectivity index (χ1n) is 9.61. The van der Waals surface area contributed by atoms with Crippen LogP contribution in [0.25, 0.3) is 0 Å². The molecule has 1 amide bonds. The average molecular weight is 493 g/mol. The summed E-state index contributed by atoms with van der Waals surface area (Å²) >= 11 is 11.8. The fourth-order valence-electron chi connectivity index (χ4n) is 2.75. The quantitative estimate of drug-likeness (QED) is 0.429. The van der Waals surface area contributed by atoms with Crippen LogP contribution in [0, 0.1) is 6.92 Å². The van der Waals surface area contributed by atoms with Gasteiger partial charge in [0.05, 0.1) is 10.6 Å². The first kappa shape index (κ1) is 23.9. The Morgan fingerprint density at radius 3 is 2.12 bits per heavy atom. The van der Waals surface area contributed by atoms with Crippen molar-refractivity contribution in [1.29, 1.82) is 0 Å². The first-order chi connectivity index (χ1) is 15.0. The highest BCUT2D eigenvalue weighted by molar-refractivity contribution is 7.92. The Morgan fingerprint density at radius 2 is 1.50 bits per heavy atom. The van der Waals surface area contributed by atoms with Gasteiger partial charge < -0.3 is 10.1 Å². The number of sulfonamides is 1. The number of rotatable bonds is 7. The van der Waals surface area contributed by atoms with Gasteiger partial charge in [-0.05, 0) is 87.0 Å². The van der Waals surface area contributed by atoms with Gasteiger partial charge >= 0.3 is 0 Å². The smallest absolute Gasteiger partial charge is 0.267 e. The molecular weight excluding hydrogens is 471 g/mol. The number of amides is 1. The Hall–Kier alpha value is -2.74. The predicted molar refractivity (Wildman–Crippen MR) is 128 cm³/mol. The monoisotopic (exact) mass is 492 g/mol. The van der Waals surface area contributed by atoms with Gasteiger partial charge in [-0.25, -0.2) is 8.42 Å². The van der Waals surface area contributed by atoms with E-state index < -0.39 is 21.5 Å². The molecule has 3 aromatic rings. The van der Waals surface area contributed by atoms with Crippen molar-refractivity contribution in [3.8, 4) is 5.75 Å². The Morgan fingerprint density at radius 1 is 0.906 bits per heavy atom. The van der Waals surface area contributed by atoms with Gasteiger partial charge in [-0.3, -0.25) is 9.52 Å². The highest BCUT2D eigenvalue weighted by Gasteiger charge is 2.30. The zero-order valence-corrected chi connectivity index (χ0v) is 20.0. The molecule has 0 saturated heterocycles. The van der Waals surface area contributed by atoms with Crippen LogP contribution in [-0.4, -0.2) is 19.9 Å². The van der Waals surface area contributed by atoms with Crippen molar-refractivity contribution in [3.63, 3.8) is 0 Å². The van der Waals surface area contributed by atoms with Crippen LogP contribution in [0.2, 0.25) is 10.0 Å². The molecule has 0 aromatic heterocycles. The second-order valence-electron chi connectivity index (χ2n) is 7.61. The number of ether oxygens (including phenoxy) is 1. The molecule has 2 N–H and O–H groups in total. The van der Waals surface area contributed by atoms with Crippen LogP contribution in [0.4, 0.5) is 11.4 Å². The normalized spacial score (nSPS) is 11.7. The van der Waals surface area contributed by atoms with Crippen molar-refractivity contribution in [2.24, 2.45) is 0 Å². The van der Waals surface area contributed by atoms with Gasteiger partial charge in [0.2, 0.25) is 0 Å². The van der Waals surface area contributed by atoms with Crippen molar-refractivity contribution in [2.45, 2.75) is 31.3 Å². The molecule has 0 aliphatic carbocycles. The van der Waals surface area contributed by atoms with E-state index in [0.717, 1.165) is 5.56 Å². The van der Waals surface area contributed by atoms with Gasteiger partial charge in [-0.15, -0.1) is 0 Å². The summed E-state index contributed by atoms with van der Waals surface area (Å²) in [6.07, 6.45) is 0. The molecule has 0 aliphatic rings. The molecule has 0 aliphatic heterocycles. The minimum atomic E-state index is -3.83. The number of aryl methyl sites for hydroxylation is 1. The molecule has 0 spiro atoms. The number of nitrogens with one attached hydrogen (secondary N) is 2. The number of carbonyl (C=O) groups excluding carboxylic acids is 1. The summed E-state index contributed by atoms with van der Waals surface area (Å²) in [4.78, 5) is 12.7. The molecule has 168 valence electrons. The van der Waals surface area contributed by atoms with Crippen molar-refractivity contribution < 1.29 is 17.9 Å². The Labute approximate surface area is 197 Å². The second kappa shape index (κ2) is 9.40. The van der Waals surface area contributed by atoms with Crippen molar-refractivity contribution >= 4 is 50.5 Å². The molecule has 3 rings (SSSR count). The second-order valence-corrected chi connectivity index (χ2v) is 10.2. The van der Waals surface area contributed by atoms with Crippen LogP contribution >= 0.6 is 23.2 Å². The van der Waals surface area contributed by atoms with Crippen molar-refractivity contribution in [2.75, 3.05) is 10.0 Å². The van der Waals surface area contributed by atoms with E-state index >= 15 is 0 Å². The molecule has 0 fully saturated rings. The third-order valence-corrected chi connectivity index (χ3v) is 6.47. The Kier molecular flexibility index (Phi) is 7.03. The number of hydrogen-bond donors (Lipinski definition) is 2.